The van der Waals surface area contributed by atoms with Crippen LogP contribution in [0.25, 0.3) is 11.4 Å². The average molecular weight is 329 g/mol. The molecule has 0 aliphatic carbocycles. The van der Waals surface area contributed by atoms with E-state index < -0.39 is 0 Å². The second-order valence-electron chi connectivity index (χ2n) is 5.23. The van der Waals surface area contributed by atoms with Crippen molar-refractivity contribution in [1.29, 1.82) is 0 Å². The van der Waals surface area contributed by atoms with E-state index in [2.05, 4.69) is 10.2 Å². The van der Waals surface area contributed by atoms with Crippen molar-refractivity contribution >= 4 is 7.69 Å². The molecule has 2 aromatic heterocycles. The second-order valence-corrected chi connectivity index (χ2v) is 5.23. The minimum absolute atomic E-state index is 0.663. The fourth-order valence-corrected chi connectivity index (χ4v) is 2.38. The third kappa shape index (κ3) is 3.55. The van der Waals surface area contributed by atoms with Gasteiger partial charge in [0.15, 0.2) is 0 Å². The topological polar surface area (TPSA) is 54.1 Å². The minimum Gasteiger partial charge on any atom is -0.526 e. The standard InChI is InChI=1S/C18H14BN4O2/c1-5-15(22-11-3-9-20-22)13-17(7-1)24-19-25-18-8-2-6-16(14-18)23-12-4-10-21-23/h1-14H. The van der Waals surface area contributed by atoms with Gasteiger partial charge in [-0.25, -0.2) is 9.36 Å². The molecule has 0 amide bonds. The largest absolute Gasteiger partial charge is 0.658 e. The van der Waals surface area contributed by atoms with E-state index in [0.29, 0.717) is 11.5 Å². The van der Waals surface area contributed by atoms with Crippen molar-refractivity contribution in [1.82, 2.24) is 19.6 Å². The lowest BCUT2D eigenvalue weighted by molar-refractivity contribution is 0.458. The Kier molecular flexibility index (Phi) is 4.20. The highest BCUT2D eigenvalue weighted by Crippen LogP contribution is 2.18. The van der Waals surface area contributed by atoms with Crippen LogP contribution >= 0.6 is 0 Å². The Morgan fingerprint density at radius 2 is 1.20 bits per heavy atom. The molecule has 2 heterocycles. The van der Waals surface area contributed by atoms with Crippen molar-refractivity contribution in [2.45, 2.75) is 0 Å². The summed E-state index contributed by atoms with van der Waals surface area (Å²) in [5.41, 5.74) is 1.83. The molecular weight excluding hydrogens is 315 g/mol. The summed E-state index contributed by atoms with van der Waals surface area (Å²) in [6.45, 7) is 0. The Labute approximate surface area is 145 Å². The van der Waals surface area contributed by atoms with E-state index in [9.17, 15) is 0 Å². The van der Waals surface area contributed by atoms with Gasteiger partial charge in [-0.1, -0.05) is 12.1 Å². The van der Waals surface area contributed by atoms with Crippen LogP contribution in [0.1, 0.15) is 0 Å². The molecule has 2 aromatic carbocycles. The molecule has 0 saturated carbocycles. The third-order valence-corrected chi connectivity index (χ3v) is 3.54. The van der Waals surface area contributed by atoms with Crippen LogP contribution < -0.4 is 9.31 Å². The van der Waals surface area contributed by atoms with Crippen LogP contribution in [-0.4, -0.2) is 27.2 Å². The Morgan fingerprint density at radius 1 is 0.680 bits per heavy atom. The van der Waals surface area contributed by atoms with Crippen LogP contribution in [0.3, 0.4) is 0 Å². The lowest BCUT2D eigenvalue weighted by atomic mass is 10.2. The number of benzene rings is 2. The molecule has 0 saturated heterocycles. The zero-order chi connectivity index (χ0) is 16.9. The fraction of sp³-hybridized carbons (Fsp3) is 0. The van der Waals surface area contributed by atoms with Crippen molar-refractivity contribution in [2.24, 2.45) is 0 Å². The van der Waals surface area contributed by atoms with Gasteiger partial charge in [0.25, 0.3) is 0 Å². The van der Waals surface area contributed by atoms with Gasteiger partial charge >= 0.3 is 7.69 Å². The molecule has 0 spiro atoms. The normalized spacial score (nSPS) is 10.4. The van der Waals surface area contributed by atoms with Gasteiger partial charge in [-0.15, -0.1) is 0 Å². The second kappa shape index (κ2) is 6.96. The van der Waals surface area contributed by atoms with Gasteiger partial charge in [0.1, 0.15) is 11.5 Å². The van der Waals surface area contributed by atoms with Gasteiger partial charge in [0.05, 0.1) is 11.4 Å². The summed E-state index contributed by atoms with van der Waals surface area (Å²) in [6.07, 6.45) is 7.21. The van der Waals surface area contributed by atoms with Crippen molar-refractivity contribution in [3.8, 4) is 22.9 Å². The van der Waals surface area contributed by atoms with Gasteiger partial charge in [0, 0.05) is 36.9 Å². The van der Waals surface area contributed by atoms with Crippen LogP contribution in [0.2, 0.25) is 0 Å². The molecule has 4 aromatic rings. The fourth-order valence-electron chi connectivity index (χ4n) is 2.38. The Balaban J connectivity index is 1.40. The van der Waals surface area contributed by atoms with Gasteiger partial charge < -0.3 is 9.31 Å². The number of aromatic nitrogens is 4. The first-order valence-electron chi connectivity index (χ1n) is 7.74. The first-order chi connectivity index (χ1) is 12.4. The zero-order valence-corrected chi connectivity index (χ0v) is 13.3. The highest BCUT2D eigenvalue weighted by molar-refractivity contribution is 6.20. The van der Waals surface area contributed by atoms with Crippen molar-refractivity contribution in [3.63, 3.8) is 0 Å². The monoisotopic (exact) mass is 329 g/mol. The SMILES string of the molecule is [B](Oc1cccc(-n2cccn2)c1)Oc1cccc(-n2cccn2)c1. The predicted molar refractivity (Wildman–Crippen MR) is 94.1 cm³/mol. The van der Waals surface area contributed by atoms with Crippen LogP contribution in [-0.2, 0) is 0 Å². The maximum Gasteiger partial charge on any atom is 0.658 e. The molecule has 1 radical (unpaired) electrons. The maximum absolute atomic E-state index is 5.57. The molecule has 7 heteroatoms. The molecule has 0 atom stereocenters. The summed E-state index contributed by atoms with van der Waals surface area (Å²) in [5, 5.41) is 8.40. The molecule has 0 unspecified atom stereocenters. The summed E-state index contributed by atoms with van der Waals surface area (Å²) in [5.74, 6) is 1.33. The van der Waals surface area contributed by atoms with Crippen LogP contribution in [0.5, 0.6) is 11.5 Å². The molecule has 0 aliphatic heterocycles. The first-order valence-corrected chi connectivity index (χ1v) is 7.74. The van der Waals surface area contributed by atoms with E-state index in [0.717, 1.165) is 11.4 Å². The third-order valence-electron chi connectivity index (χ3n) is 3.54. The summed E-state index contributed by atoms with van der Waals surface area (Å²) < 4.78 is 14.7. The number of hydrogen-bond acceptors (Lipinski definition) is 4. The Morgan fingerprint density at radius 3 is 1.64 bits per heavy atom. The van der Waals surface area contributed by atoms with Crippen LogP contribution in [0.15, 0.2) is 85.5 Å². The quantitative estimate of drug-likeness (QED) is 0.510. The van der Waals surface area contributed by atoms with Crippen LogP contribution in [0, 0.1) is 0 Å². The van der Waals surface area contributed by atoms with Crippen molar-refractivity contribution < 1.29 is 9.31 Å². The predicted octanol–water partition coefficient (Wildman–Crippen LogP) is 3.05. The summed E-state index contributed by atoms with van der Waals surface area (Å²) in [4.78, 5) is 0. The van der Waals surface area contributed by atoms with E-state index in [1.165, 1.54) is 7.69 Å². The highest BCUT2D eigenvalue weighted by Gasteiger charge is 2.05. The lowest BCUT2D eigenvalue weighted by Crippen LogP contribution is -2.11. The van der Waals surface area contributed by atoms with Gasteiger partial charge in [-0.2, -0.15) is 10.2 Å². The molecular formula is C18H14BN4O2. The number of hydrogen-bond donors (Lipinski definition) is 0. The van der Waals surface area contributed by atoms with E-state index in [-0.39, 0.29) is 0 Å². The maximum atomic E-state index is 5.57. The van der Waals surface area contributed by atoms with Gasteiger partial charge in [0.2, 0.25) is 0 Å². The molecule has 6 nitrogen and oxygen atoms in total. The molecule has 0 aliphatic rings. The first kappa shape index (κ1) is 15.1. The van der Waals surface area contributed by atoms with Gasteiger partial charge in [-0.05, 0) is 36.4 Å². The number of nitrogens with zero attached hydrogens (tertiary/aromatic N) is 4. The van der Waals surface area contributed by atoms with Crippen molar-refractivity contribution in [3.05, 3.63) is 85.5 Å². The molecule has 0 fully saturated rings. The van der Waals surface area contributed by atoms with Crippen LogP contribution in [0.4, 0.5) is 0 Å². The van der Waals surface area contributed by atoms with Gasteiger partial charge in [-0.3, -0.25) is 0 Å². The molecule has 0 bridgehead atoms. The minimum atomic E-state index is 0.663. The van der Waals surface area contributed by atoms with E-state index in [1.54, 1.807) is 21.8 Å². The lowest BCUT2D eigenvalue weighted by Gasteiger charge is -2.09. The average Bonchev–Trinajstić information content (AvgIpc) is 3.36. The van der Waals surface area contributed by atoms with E-state index >= 15 is 0 Å². The van der Waals surface area contributed by atoms with Crippen molar-refractivity contribution in [2.75, 3.05) is 0 Å². The molecule has 25 heavy (non-hydrogen) atoms. The summed E-state index contributed by atoms with van der Waals surface area (Å²) >= 11 is 0. The Hall–Kier alpha value is -3.48. The summed E-state index contributed by atoms with van der Waals surface area (Å²) in [6, 6.07) is 18.9. The Bertz CT molecular complexity index is 862. The summed E-state index contributed by atoms with van der Waals surface area (Å²) in [7, 11) is 1.31. The zero-order valence-electron chi connectivity index (χ0n) is 13.3. The number of rotatable bonds is 6. The molecule has 121 valence electrons. The molecule has 0 N–H and O–H groups in total. The highest BCUT2D eigenvalue weighted by atomic mass is 16.6. The van der Waals surface area contributed by atoms with E-state index in [4.69, 9.17) is 9.31 Å². The smallest absolute Gasteiger partial charge is 0.526 e. The molecule has 4 rings (SSSR count). The van der Waals surface area contributed by atoms with E-state index in [1.807, 2.05) is 73.1 Å².